The number of ether oxygens (including phenoxy) is 2. The van der Waals surface area contributed by atoms with Crippen LogP contribution in [-0.2, 0) is 32.7 Å². The van der Waals surface area contributed by atoms with Gasteiger partial charge in [0.25, 0.3) is 0 Å². The predicted molar refractivity (Wildman–Crippen MR) is 174 cm³/mol. The molecule has 0 spiro atoms. The van der Waals surface area contributed by atoms with E-state index in [9.17, 15) is 19.0 Å². The van der Waals surface area contributed by atoms with Crippen LogP contribution in [0.3, 0.4) is 0 Å². The van der Waals surface area contributed by atoms with Crippen LogP contribution < -0.4 is 0 Å². The van der Waals surface area contributed by atoms with Crippen molar-refractivity contribution in [2.75, 3.05) is 47.5 Å². The molecule has 0 saturated heterocycles. The predicted octanol–water partition coefficient (Wildman–Crippen LogP) is 8.07. The lowest BCUT2D eigenvalue weighted by Gasteiger charge is -2.24. The molecule has 0 bridgehead atoms. The molecule has 0 aliphatic rings. The lowest BCUT2D eigenvalue weighted by molar-refractivity contribution is -0.870. The summed E-state index contributed by atoms with van der Waals surface area (Å²) in [5.74, 6) is -0.827. The van der Waals surface area contributed by atoms with Gasteiger partial charge in [-0.1, -0.05) is 95.9 Å². The third-order valence-electron chi connectivity index (χ3n) is 6.75. The lowest BCUT2D eigenvalue weighted by atomic mass is 10.1. The van der Waals surface area contributed by atoms with Gasteiger partial charge in [-0.15, -0.1) is 0 Å². The van der Waals surface area contributed by atoms with Gasteiger partial charge < -0.3 is 18.9 Å². The van der Waals surface area contributed by atoms with Gasteiger partial charge in [0.2, 0.25) is 0 Å². The number of phosphoric acid groups is 1. The molecule has 252 valence electrons. The first-order valence-corrected chi connectivity index (χ1v) is 18.1. The highest BCUT2D eigenvalue weighted by Crippen LogP contribution is 2.43. The molecule has 0 radical (unpaired) electrons. The van der Waals surface area contributed by atoms with E-state index < -0.39 is 26.5 Å². The van der Waals surface area contributed by atoms with Crippen molar-refractivity contribution in [3.8, 4) is 0 Å². The summed E-state index contributed by atoms with van der Waals surface area (Å²) in [5, 5.41) is 0. The van der Waals surface area contributed by atoms with Gasteiger partial charge in [0, 0.05) is 12.8 Å². The molecule has 43 heavy (non-hydrogen) atoms. The van der Waals surface area contributed by atoms with Gasteiger partial charge >= 0.3 is 19.8 Å². The van der Waals surface area contributed by atoms with E-state index in [1.807, 2.05) is 21.1 Å². The zero-order valence-corrected chi connectivity index (χ0v) is 28.8. The van der Waals surface area contributed by atoms with Crippen LogP contribution in [-0.4, -0.2) is 74.9 Å². The highest BCUT2D eigenvalue weighted by atomic mass is 31.2. The number of likely N-dealkylation sites (N-methyl/N-ethyl adjacent to an activating group) is 1. The van der Waals surface area contributed by atoms with Crippen LogP contribution in [0.5, 0.6) is 0 Å². The van der Waals surface area contributed by atoms with Crippen molar-refractivity contribution in [2.24, 2.45) is 0 Å². The monoisotopic (exact) mass is 632 g/mol. The minimum atomic E-state index is -4.36. The minimum absolute atomic E-state index is 0.0295. The topological polar surface area (TPSA) is 108 Å². The smallest absolute Gasteiger partial charge is 0.462 e. The number of hydrogen-bond donors (Lipinski definition) is 1. The number of phosphoric ester groups is 1. The van der Waals surface area contributed by atoms with Gasteiger partial charge in [0.05, 0.1) is 27.7 Å². The molecule has 0 aromatic rings. The van der Waals surface area contributed by atoms with E-state index in [-0.39, 0.29) is 32.0 Å². The maximum atomic E-state index is 12.5. The Morgan fingerprint density at radius 1 is 0.744 bits per heavy atom. The van der Waals surface area contributed by atoms with Crippen molar-refractivity contribution < 1.29 is 42.1 Å². The summed E-state index contributed by atoms with van der Waals surface area (Å²) in [6, 6.07) is 0. The number of unbranched alkanes of at least 4 members (excludes halogenated alkanes) is 11. The van der Waals surface area contributed by atoms with Gasteiger partial charge in [-0.2, -0.15) is 0 Å². The lowest BCUT2D eigenvalue weighted by Crippen LogP contribution is -2.37. The second kappa shape index (κ2) is 26.9. The Morgan fingerprint density at radius 2 is 1.33 bits per heavy atom. The summed E-state index contributed by atoms with van der Waals surface area (Å²) < 4.78 is 33.9. The van der Waals surface area contributed by atoms with Crippen LogP contribution >= 0.6 is 7.82 Å². The highest BCUT2D eigenvalue weighted by Gasteiger charge is 2.27. The Hall–Kier alpha value is -1.51. The van der Waals surface area contributed by atoms with Crippen LogP contribution in [0.1, 0.15) is 123 Å². The van der Waals surface area contributed by atoms with Crippen molar-refractivity contribution in [1.82, 2.24) is 0 Å². The molecule has 1 N–H and O–H groups in total. The molecule has 9 nitrogen and oxygen atoms in total. The van der Waals surface area contributed by atoms with Gasteiger partial charge in [0.15, 0.2) is 6.10 Å². The first kappa shape index (κ1) is 41.5. The van der Waals surface area contributed by atoms with Crippen LogP contribution in [0, 0.1) is 0 Å². The second-order valence-corrected chi connectivity index (χ2v) is 13.6. The molecule has 0 aromatic carbocycles. The summed E-state index contributed by atoms with van der Waals surface area (Å²) in [7, 11) is 1.46. The number of hydrogen-bond acceptors (Lipinski definition) is 7. The number of rotatable bonds is 29. The van der Waals surface area contributed by atoms with Crippen molar-refractivity contribution in [1.29, 1.82) is 0 Å². The van der Waals surface area contributed by atoms with E-state index in [1.54, 1.807) is 0 Å². The standard InChI is InChI=1S/C33H62NO8P/c1-6-8-10-12-14-15-16-17-18-20-22-24-26-33(36)42-31(30-41-43(37,38)40-28-27-34(3,4)5)29-39-32(35)25-23-21-19-13-11-9-7-2/h8,10,14-15,31H,6-7,9,11-13,16-30H2,1-5H3/p+1/b10-8+,15-14+/t31-/m1/s1. The van der Waals surface area contributed by atoms with E-state index in [4.69, 9.17) is 18.5 Å². The Labute approximate surface area is 262 Å². The summed E-state index contributed by atoms with van der Waals surface area (Å²) >= 11 is 0. The fourth-order valence-electron chi connectivity index (χ4n) is 4.11. The van der Waals surface area contributed by atoms with Gasteiger partial charge in [-0.05, 0) is 38.5 Å². The zero-order valence-electron chi connectivity index (χ0n) is 27.9. The van der Waals surface area contributed by atoms with E-state index in [2.05, 4.69) is 38.2 Å². The molecule has 0 aliphatic heterocycles. The molecular formula is C33H63NO8P+. The third-order valence-corrected chi connectivity index (χ3v) is 7.73. The van der Waals surface area contributed by atoms with Gasteiger partial charge in [0.1, 0.15) is 19.8 Å². The van der Waals surface area contributed by atoms with Crippen molar-refractivity contribution in [2.45, 2.75) is 129 Å². The molecule has 0 saturated carbocycles. The normalized spacial score (nSPS) is 14.3. The Morgan fingerprint density at radius 3 is 1.95 bits per heavy atom. The van der Waals surface area contributed by atoms with Crippen LogP contribution in [0.2, 0.25) is 0 Å². The van der Waals surface area contributed by atoms with Crippen LogP contribution in [0.4, 0.5) is 0 Å². The van der Waals surface area contributed by atoms with Crippen LogP contribution in [0.25, 0.3) is 0 Å². The van der Waals surface area contributed by atoms with Crippen molar-refractivity contribution in [3.63, 3.8) is 0 Å². The Kier molecular flexibility index (Phi) is 25.9. The summed E-state index contributed by atoms with van der Waals surface area (Å²) in [4.78, 5) is 34.8. The Balaban J connectivity index is 4.53. The molecule has 0 rings (SSSR count). The number of carbonyl (C=O) groups excluding carboxylic acids is 2. The van der Waals surface area contributed by atoms with E-state index in [0.717, 1.165) is 64.2 Å². The van der Waals surface area contributed by atoms with E-state index in [1.165, 1.54) is 25.7 Å². The number of quaternary nitrogens is 1. The fourth-order valence-corrected chi connectivity index (χ4v) is 4.85. The largest absolute Gasteiger partial charge is 0.472 e. The first-order chi connectivity index (χ1) is 20.5. The summed E-state index contributed by atoms with van der Waals surface area (Å²) in [6.07, 6.45) is 23.9. The van der Waals surface area contributed by atoms with E-state index in [0.29, 0.717) is 17.4 Å². The van der Waals surface area contributed by atoms with Gasteiger partial charge in [-0.25, -0.2) is 4.57 Å². The minimum Gasteiger partial charge on any atom is -0.462 e. The molecule has 0 amide bonds. The van der Waals surface area contributed by atoms with Crippen molar-refractivity contribution >= 4 is 19.8 Å². The first-order valence-electron chi connectivity index (χ1n) is 16.6. The van der Waals surface area contributed by atoms with Crippen molar-refractivity contribution in [3.05, 3.63) is 24.3 Å². The molecule has 0 aliphatic carbocycles. The summed E-state index contributed by atoms with van der Waals surface area (Å²) in [5.41, 5.74) is 0. The average Bonchev–Trinajstić information content (AvgIpc) is 2.93. The zero-order chi connectivity index (χ0) is 32.2. The average molecular weight is 633 g/mol. The number of carbonyl (C=O) groups is 2. The maximum absolute atomic E-state index is 12.5. The molecule has 1 unspecified atom stereocenters. The molecule has 0 fully saturated rings. The molecular weight excluding hydrogens is 569 g/mol. The molecule has 10 heteroatoms. The number of esters is 2. The molecule has 0 heterocycles. The SMILES string of the molecule is CC/C=C/C/C=C/CCCCCCCC(=O)O[C@H](COC(=O)CCCCCCCCC)COP(=O)(O)OCC[N+](C)(C)C. The number of nitrogens with zero attached hydrogens (tertiary/aromatic N) is 1. The maximum Gasteiger partial charge on any atom is 0.472 e. The van der Waals surface area contributed by atoms with Crippen LogP contribution in [0.15, 0.2) is 24.3 Å². The summed E-state index contributed by atoms with van der Waals surface area (Å²) in [6.45, 7) is 4.21. The molecule has 2 atom stereocenters. The molecule has 0 aromatic heterocycles. The highest BCUT2D eigenvalue weighted by molar-refractivity contribution is 7.47. The number of allylic oxidation sites excluding steroid dienone is 4. The third kappa shape index (κ3) is 30.3. The fraction of sp³-hybridized carbons (Fsp3) is 0.818. The van der Waals surface area contributed by atoms with Gasteiger partial charge in [-0.3, -0.25) is 18.6 Å². The quantitative estimate of drug-likeness (QED) is 0.0290. The van der Waals surface area contributed by atoms with E-state index >= 15 is 0 Å². The second-order valence-electron chi connectivity index (χ2n) is 12.2. The Bertz CT molecular complexity index is 809.